The fourth-order valence-electron chi connectivity index (χ4n) is 2.79. The fourth-order valence-corrected chi connectivity index (χ4v) is 3.11. The lowest BCUT2D eigenvalue weighted by molar-refractivity contribution is -0.194. The van der Waals surface area contributed by atoms with Gasteiger partial charge >= 0.3 is 17.7 Å². The van der Waals surface area contributed by atoms with Gasteiger partial charge < -0.3 is 19.7 Å². The largest absolute Gasteiger partial charge is 0.475 e. The van der Waals surface area contributed by atoms with Gasteiger partial charge in [0.1, 0.15) is 0 Å². The van der Waals surface area contributed by atoms with Gasteiger partial charge in [-0.1, -0.05) is 36.7 Å². The van der Waals surface area contributed by atoms with Crippen LogP contribution in [0.15, 0.2) is 6.07 Å². The Kier molecular flexibility index (Phi) is 4.89. The maximum Gasteiger partial charge on any atom is 0.453 e. The van der Waals surface area contributed by atoms with Crippen LogP contribution in [0.4, 0.5) is 0 Å². The number of aliphatic carboxylic acids is 2. The van der Waals surface area contributed by atoms with Crippen molar-refractivity contribution in [1.82, 2.24) is 0 Å². The molecule has 0 saturated heterocycles. The molecule has 7 heteroatoms. The first-order chi connectivity index (χ1) is 10.8. The first-order valence-electron chi connectivity index (χ1n) is 7.43. The van der Waals surface area contributed by atoms with Crippen LogP contribution in [0.2, 0.25) is 0 Å². The Morgan fingerprint density at radius 3 is 2.22 bits per heavy atom. The van der Waals surface area contributed by atoms with Crippen LogP contribution in [-0.2, 0) is 28.9 Å². The molecule has 6 nitrogen and oxygen atoms in total. The zero-order chi connectivity index (χ0) is 17.4. The van der Waals surface area contributed by atoms with Crippen molar-refractivity contribution in [3.8, 4) is 11.5 Å². The quantitative estimate of drug-likeness (QED) is 0.576. The van der Waals surface area contributed by atoms with Crippen LogP contribution in [0, 0.1) is 0 Å². The van der Waals surface area contributed by atoms with E-state index >= 15 is 0 Å². The molecule has 0 aliphatic carbocycles. The van der Waals surface area contributed by atoms with Gasteiger partial charge in [0.05, 0.1) is 0 Å². The number of carboxylic acids is 2. The number of hydrogen-bond donors (Lipinski definition) is 2. The van der Waals surface area contributed by atoms with Gasteiger partial charge in [-0.25, -0.2) is 9.59 Å². The highest BCUT2D eigenvalue weighted by molar-refractivity contribution is 9.09. The summed E-state index contributed by atoms with van der Waals surface area (Å²) < 4.78 is 10.6. The van der Waals surface area contributed by atoms with Crippen LogP contribution in [0.5, 0.6) is 11.5 Å². The third kappa shape index (κ3) is 2.89. The van der Waals surface area contributed by atoms with Crippen LogP contribution in [0.25, 0.3) is 0 Å². The maximum absolute atomic E-state index is 11.4. The van der Waals surface area contributed by atoms with Crippen molar-refractivity contribution in [3.63, 3.8) is 0 Å². The molecule has 0 unspecified atom stereocenters. The van der Waals surface area contributed by atoms with Gasteiger partial charge in [0.2, 0.25) is 0 Å². The summed E-state index contributed by atoms with van der Waals surface area (Å²) in [6, 6.07) is 1.69. The van der Waals surface area contributed by atoms with Crippen molar-refractivity contribution >= 4 is 27.9 Å². The lowest BCUT2D eigenvalue weighted by Gasteiger charge is -2.18. The molecule has 0 fully saturated rings. The number of carboxylic acid groups (broad SMARTS) is 2. The molecule has 1 aromatic carbocycles. The predicted octanol–water partition coefficient (Wildman–Crippen LogP) is 2.77. The van der Waals surface area contributed by atoms with E-state index in [9.17, 15) is 19.8 Å². The molecule has 0 radical (unpaired) electrons. The molecule has 1 heterocycles. The van der Waals surface area contributed by atoms with E-state index in [1.54, 1.807) is 6.07 Å². The molecule has 126 valence electrons. The van der Waals surface area contributed by atoms with E-state index < -0.39 is 17.7 Å². The van der Waals surface area contributed by atoms with E-state index in [4.69, 9.17) is 9.47 Å². The molecule has 23 heavy (non-hydrogen) atoms. The number of ether oxygens (including phenoxy) is 2. The normalized spacial score (nSPS) is 16.2. The van der Waals surface area contributed by atoms with Crippen LogP contribution in [0.1, 0.15) is 37.5 Å². The third-order valence-corrected chi connectivity index (χ3v) is 4.16. The number of alkyl halides is 1. The van der Waals surface area contributed by atoms with Crippen LogP contribution >= 0.6 is 15.9 Å². The summed E-state index contributed by atoms with van der Waals surface area (Å²) >= 11 is 3.53. The van der Waals surface area contributed by atoms with Gasteiger partial charge in [-0.3, -0.25) is 0 Å². The van der Waals surface area contributed by atoms with Crippen LogP contribution < -0.4 is 9.47 Å². The summed E-state index contributed by atoms with van der Waals surface area (Å²) in [6.07, 6.45) is 2.05. The molecular weight excluding hydrogens is 368 g/mol. The minimum Gasteiger partial charge on any atom is -0.475 e. The Morgan fingerprint density at radius 2 is 1.78 bits per heavy atom. The number of benzene rings is 1. The molecule has 2 rings (SSSR count). The average Bonchev–Trinajstić information content (AvgIpc) is 2.86. The van der Waals surface area contributed by atoms with Crippen molar-refractivity contribution in [2.75, 3.05) is 0 Å². The minimum absolute atomic E-state index is 0.175. The third-order valence-electron chi connectivity index (χ3n) is 3.84. The van der Waals surface area contributed by atoms with E-state index in [1.807, 2.05) is 20.8 Å². The van der Waals surface area contributed by atoms with Gasteiger partial charge in [0.25, 0.3) is 0 Å². The monoisotopic (exact) mass is 386 g/mol. The van der Waals surface area contributed by atoms with Gasteiger partial charge in [-0.2, -0.15) is 0 Å². The van der Waals surface area contributed by atoms with Crippen LogP contribution in [-0.4, -0.2) is 32.8 Å². The van der Waals surface area contributed by atoms with E-state index in [2.05, 4.69) is 15.9 Å². The summed E-state index contributed by atoms with van der Waals surface area (Å²) in [4.78, 5) is 23.0. The Bertz CT molecular complexity index is 638. The lowest BCUT2D eigenvalue weighted by atomic mass is 9.93. The molecule has 1 aromatic rings. The Balaban J connectivity index is 2.63. The van der Waals surface area contributed by atoms with Gasteiger partial charge in [-0.05, 0) is 36.5 Å². The Morgan fingerprint density at radius 1 is 1.17 bits per heavy atom. The number of rotatable bonds is 6. The van der Waals surface area contributed by atoms with Crippen LogP contribution in [0.3, 0.4) is 0 Å². The lowest BCUT2D eigenvalue weighted by Crippen LogP contribution is -2.54. The van der Waals surface area contributed by atoms with E-state index in [0.29, 0.717) is 6.42 Å². The Hall–Kier alpha value is -1.76. The Labute approximate surface area is 142 Å². The molecule has 1 atom stereocenters. The van der Waals surface area contributed by atoms with Crippen molar-refractivity contribution in [1.29, 1.82) is 0 Å². The van der Waals surface area contributed by atoms with Gasteiger partial charge in [0.15, 0.2) is 11.5 Å². The van der Waals surface area contributed by atoms with Gasteiger partial charge in [0, 0.05) is 10.4 Å². The number of hydrogen-bond acceptors (Lipinski definition) is 4. The first kappa shape index (κ1) is 17.6. The summed E-state index contributed by atoms with van der Waals surface area (Å²) in [5.74, 6) is -5.68. The molecule has 0 spiro atoms. The smallest absolute Gasteiger partial charge is 0.453 e. The SMILES string of the molecule is CCc1cc2c(c(CC)c1C[C@H](C)Br)OC(C(=O)O)(C(=O)O)O2. The molecule has 1 aliphatic rings. The fraction of sp³-hybridized carbons (Fsp3) is 0.500. The van der Waals surface area contributed by atoms with Crippen molar-refractivity contribution in [3.05, 3.63) is 22.8 Å². The van der Waals surface area contributed by atoms with E-state index in [0.717, 1.165) is 29.5 Å². The minimum atomic E-state index is -2.71. The number of carbonyl (C=O) groups is 2. The molecule has 0 aromatic heterocycles. The van der Waals surface area contributed by atoms with Crippen molar-refractivity contribution in [2.24, 2.45) is 0 Å². The van der Waals surface area contributed by atoms with E-state index in [1.165, 1.54) is 0 Å². The second kappa shape index (κ2) is 6.39. The van der Waals surface area contributed by atoms with Crippen molar-refractivity contribution < 1.29 is 29.3 Å². The molecule has 1 aliphatic heterocycles. The highest BCUT2D eigenvalue weighted by atomic mass is 79.9. The van der Waals surface area contributed by atoms with Crippen molar-refractivity contribution in [2.45, 2.75) is 50.6 Å². The summed E-state index contributed by atoms with van der Waals surface area (Å²) in [5, 5.41) is 18.5. The highest BCUT2D eigenvalue weighted by Crippen LogP contribution is 2.46. The number of halogens is 1. The summed E-state index contributed by atoms with van der Waals surface area (Å²) in [7, 11) is 0. The van der Waals surface area contributed by atoms with Gasteiger partial charge in [-0.15, -0.1) is 0 Å². The second-order valence-corrected chi connectivity index (χ2v) is 7.01. The molecule has 0 bridgehead atoms. The molecule has 0 saturated carbocycles. The summed E-state index contributed by atoms with van der Waals surface area (Å²) in [5.41, 5.74) is 2.85. The molecular formula is C16H19BrO6. The van der Waals surface area contributed by atoms with E-state index in [-0.39, 0.29) is 16.3 Å². The maximum atomic E-state index is 11.4. The second-order valence-electron chi connectivity index (χ2n) is 5.44. The average molecular weight is 387 g/mol. The molecule has 2 N–H and O–H groups in total. The summed E-state index contributed by atoms with van der Waals surface area (Å²) in [6.45, 7) is 5.92. The zero-order valence-corrected chi connectivity index (χ0v) is 14.8. The standard InChI is InChI=1S/C16H19BrO6/c1-4-9-7-12-13(10(5-2)11(9)6-8(3)17)23-16(22-12,14(18)19)15(20)21/h7-8H,4-6H2,1-3H3,(H,18,19)(H,20,21)/t8-/m0/s1. The molecule has 0 amide bonds. The topological polar surface area (TPSA) is 93.1 Å². The number of fused-ring (bicyclic) bond motifs is 1. The number of aryl methyl sites for hydroxylation is 1. The predicted molar refractivity (Wildman–Crippen MR) is 86.5 cm³/mol. The first-order valence-corrected chi connectivity index (χ1v) is 8.34. The zero-order valence-electron chi connectivity index (χ0n) is 13.2. The highest BCUT2D eigenvalue weighted by Gasteiger charge is 2.58.